The second-order valence-corrected chi connectivity index (χ2v) is 5.34. The van der Waals surface area contributed by atoms with Crippen molar-refractivity contribution in [1.82, 2.24) is 24.6 Å². The quantitative estimate of drug-likeness (QED) is 0.827. The summed E-state index contributed by atoms with van der Waals surface area (Å²) in [5.74, 6) is 1.10. The van der Waals surface area contributed by atoms with E-state index in [2.05, 4.69) is 29.4 Å². The van der Waals surface area contributed by atoms with E-state index in [1.807, 2.05) is 23.9 Å². The van der Waals surface area contributed by atoms with Gasteiger partial charge in [-0.15, -0.1) is 0 Å². The van der Waals surface area contributed by atoms with Gasteiger partial charge in [0.05, 0.1) is 0 Å². The van der Waals surface area contributed by atoms with Crippen LogP contribution >= 0.6 is 12.2 Å². The molecule has 0 aromatic carbocycles. The zero-order valence-corrected chi connectivity index (χ0v) is 12.7. The predicted molar refractivity (Wildman–Crippen MR) is 79.2 cm³/mol. The van der Waals surface area contributed by atoms with Crippen LogP contribution in [0.5, 0.6) is 0 Å². The molecule has 7 heteroatoms. The molecule has 2 heterocycles. The fraction of sp³-hybridized carbons (Fsp3) is 0.462. The maximum absolute atomic E-state index is 12.0. The van der Waals surface area contributed by atoms with Gasteiger partial charge < -0.3 is 14.5 Å². The minimum absolute atomic E-state index is 0.0846. The maximum Gasteiger partial charge on any atom is 0.267 e. The third-order valence-electron chi connectivity index (χ3n) is 3.10. The van der Waals surface area contributed by atoms with E-state index in [1.165, 1.54) is 0 Å². The number of aromatic nitrogens is 4. The number of rotatable bonds is 5. The molecule has 0 spiro atoms. The molecule has 0 fully saturated rings. The highest BCUT2D eigenvalue weighted by Crippen LogP contribution is 2.11. The van der Waals surface area contributed by atoms with Gasteiger partial charge in [0.25, 0.3) is 5.91 Å². The van der Waals surface area contributed by atoms with Crippen molar-refractivity contribution >= 4 is 18.1 Å². The third kappa shape index (κ3) is 2.98. The highest BCUT2D eigenvalue weighted by molar-refractivity contribution is 7.71. The molecule has 0 radical (unpaired) electrons. The van der Waals surface area contributed by atoms with E-state index >= 15 is 0 Å². The molecule has 108 valence electrons. The molecule has 0 aliphatic rings. The molecule has 2 aromatic heterocycles. The minimum Gasteiger partial charge on any atom is -0.349 e. The van der Waals surface area contributed by atoms with E-state index in [4.69, 9.17) is 12.2 Å². The Bertz CT molecular complexity index is 652. The number of nitrogens with one attached hydrogen (secondary N) is 2. The molecular formula is C13H19N5OS. The van der Waals surface area contributed by atoms with Crippen molar-refractivity contribution in [3.05, 3.63) is 34.6 Å². The SMILES string of the molecule is CC(C)c1n[nH]c(=S)n1CCNC(=O)c1cccn1C. The largest absolute Gasteiger partial charge is 0.349 e. The number of aromatic amines is 1. The second kappa shape index (κ2) is 6.04. The lowest BCUT2D eigenvalue weighted by atomic mass is 10.2. The van der Waals surface area contributed by atoms with Crippen LogP contribution in [0.3, 0.4) is 0 Å². The Morgan fingerprint density at radius 2 is 2.30 bits per heavy atom. The molecule has 0 bridgehead atoms. The molecule has 6 nitrogen and oxygen atoms in total. The molecule has 2 N–H and O–H groups in total. The number of hydrogen-bond acceptors (Lipinski definition) is 3. The van der Waals surface area contributed by atoms with Gasteiger partial charge >= 0.3 is 0 Å². The smallest absolute Gasteiger partial charge is 0.267 e. The molecule has 20 heavy (non-hydrogen) atoms. The van der Waals surface area contributed by atoms with Gasteiger partial charge in [-0.25, -0.2) is 0 Å². The molecule has 0 aliphatic heterocycles. The number of hydrogen-bond donors (Lipinski definition) is 2. The molecule has 2 aromatic rings. The standard InChI is InChI=1S/C13H19N5OS/c1-9(2)11-15-16-13(20)18(11)8-6-14-12(19)10-5-4-7-17(10)3/h4-5,7,9H,6,8H2,1-3H3,(H,14,19)(H,16,20). The zero-order valence-electron chi connectivity index (χ0n) is 11.9. The Labute approximate surface area is 122 Å². The summed E-state index contributed by atoms with van der Waals surface area (Å²) in [6.45, 7) is 5.24. The van der Waals surface area contributed by atoms with E-state index in [9.17, 15) is 4.79 Å². The van der Waals surface area contributed by atoms with E-state index in [0.717, 1.165) is 5.82 Å². The van der Waals surface area contributed by atoms with Crippen LogP contribution in [0, 0.1) is 4.77 Å². The van der Waals surface area contributed by atoms with Gasteiger partial charge in [-0.05, 0) is 24.4 Å². The first kappa shape index (κ1) is 14.5. The van der Waals surface area contributed by atoms with E-state index < -0.39 is 0 Å². The number of carbonyl (C=O) groups is 1. The van der Waals surface area contributed by atoms with Gasteiger partial charge in [0.2, 0.25) is 0 Å². The zero-order chi connectivity index (χ0) is 14.7. The van der Waals surface area contributed by atoms with Gasteiger partial charge in [0, 0.05) is 32.3 Å². The highest BCUT2D eigenvalue weighted by Gasteiger charge is 2.11. The first-order valence-electron chi connectivity index (χ1n) is 6.55. The average Bonchev–Trinajstić information content (AvgIpc) is 2.96. The molecule has 0 aliphatic carbocycles. The van der Waals surface area contributed by atoms with Crippen LogP contribution in [0.15, 0.2) is 18.3 Å². The van der Waals surface area contributed by atoms with Gasteiger partial charge in [0.15, 0.2) is 4.77 Å². The van der Waals surface area contributed by atoms with Crippen LogP contribution in [0.4, 0.5) is 0 Å². The number of carbonyl (C=O) groups excluding carboxylic acids is 1. The van der Waals surface area contributed by atoms with Gasteiger partial charge in [-0.3, -0.25) is 9.89 Å². The van der Waals surface area contributed by atoms with Crippen LogP contribution in [-0.2, 0) is 13.6 Å². The van der Waals surface area contributed by atoms with Crippen molar-refractivity contribution in [1.29, 1.82) is 0 Å². The first-order chi connectivity index (χ1) is 9.50. The van der Waals surface area contributed by atoms with Crippen molar-refractivity contribution in [2.75, 3.05) is 6.54 Å². The van der Waals surface area contributed by atoms with Crippen molar-refractivity contribution < 1.29 is 4.79 Å². The Hall–Kier alpha value is -1.89. The van der Waals surface area contributed by atoms with Gasteiger partial charge in [-0.1, -0.05) is 13.8 Å². The molecule has 0 saturated carbocycles. The molecular weight excluding hydrogens is 274 g/mol. The van der Waals surface area contributed by atoms with Crippen LogP contribution < -0.4 is 5.32 Å². The number of H-pyrrole nitrogens is 1. The maximum atomic E-state index is 12.0. The van der Waals surface area contributed by atoms with Crippen LogP contribution in [-0.4, -0.2) is 31.8 Å². The van der Waals surface area contributed by atoms with Gasteiger partial charge in [0.1, 0.15) is 11.5 Å². The summed E-state index contributed by atoms with van der Waals surface area (Å²) in [5, 5.41) is 9.89. The predicted octanol–water partition coefficient (Wildman–Crippen LogP) is 1.83. The third-order valence-corrected chi connectivity index (χ3v) is 3.41. The van der Waals surface area contributed by atoms with Crippen molar-refractivity contribution in [2.24, 2.45) is 7.05 Å². The lowest BCUT2D eigenvalue weighted by Crippen LogP contribution is -2.29. The monoisotopic (exact) mass is 293 g/mol. The van der Waals surface area contributed by atoms with E-state index in [1.54, 1.807) is 10.6 Å². The Kier molecular flexibility index (Phi) is 4.39. The summed E-state index contributed by atoms with van der Waals surface area (Å²) in [5.41, 5.74) is 0.643. The lowest BCUT2D eigenvalue weighted by Gasteiger charge is -2.10. The van der Waals surface area contributed by atoms with Crippen molar-refractivity contribution in [3.8, 4) is 0 Å². The fourth-order valence-corrected chi connectivity index (χ4v) is 2.29. The Morgan fingerprint density at radius 3 is 2.90 bits per heavy atom. The minimum atomic E-state index is -0.0846. The molecule has 2 rings (SSSR count). The van der Waals surface area contributed by atoms with E-state index in [-0.39, 0.29) is 11.8 Å². The van der Waals surface area contributed by atoms with E-state index in [0.29, 0.717) is 23.6 Å². The summed E-state index contributed by atoms with van der Waals surface area (Å²) < 4.78 is 4.30. The fourth-order valence-electron chi connectivity index (χ4n) is 2.06. The first-order valence-corrected chi connectivity index (χ1v) is 6.96. The summed E-state index contributed by atoms with van der Waals surface area (Å²) in [6.07, 6.45) is 1.85. The van der Waals surface area contributed by atoms with Crippen LogP contribution in [0.25, 0.3) is 0 Å². The molecule has 0 atom stereocenters. The van der Waals surface area contributed by atoms with Crippen molar-refractivity contribution in [3.63, 3.8) is 0 Å². The number of amides is 1. The number of nitrogens with zero attached hydrogens (tertiary/aromatic N) is 3. The average molecular weight is 293 g/mol. The van der Waals surface area contributed by atoms with Gasteiger partial charge in [-0.2, -0.15) is 5.10 Å². The molecule has 0 unspecified atom stereocenters. The Balaban J connectivity index is 1.97. The summed E-state index contributed by atoms with van der Waals surface area (Å²) in [6, 6.07) is 3.64. The van der Waals surface area contributed by atoms with Crippen LogP contribution in [0.2, 0.25) is 0 Å². The lowest BCUT2D eigenvalue weighted by molar-refractivity contribution is 0.0944. The highest BCUT2D eigenvalue weighted by atomic mass is 32.1. The Morgan fingerprint density at radius 1 is 1.55 bits per heavy atom. The van der Waals surface area contributed by atoms with Crippen molar-refractivity contribution in [2.45, 2.75) is 26.3 Å². The molecule has 0 saturated heterocycles. The summed E-state index contributed by atoms with van der Waals surface area (Å²) >= 11 is 5.20. The summed E-state index contributed by atoms with van der Waals surface area (Å²) in [7, 11) is 1.85. The van der Waals surface area contributed by atoms with Crippen LogP contribution in [0.1, 0.15) is 36.1 Å². The normalized spacial score (nSPS) is 11.0. The topological polar surface area (TPSA) is 67.6 Å². The summed E-state index contributed by atoms with van der Waals surface area (Å²) in [4.78, 5) is 12.0. The molecule has 1 amide bonds. The second-order valence-electron chi connectivity index (χ2n) is 4.95. The number of aryl methyl sites for hydroxylation is 1.